The van der Waals surface area contributed by atoms with E-state index >= 15 is 0 Å². The van der Waals surface area contributed by atoms with Crippen LogP contribution in [-0.4, -0.2) is 31.6 Å². The molecule has 0 aromatic heterocycles. The third-order valence-corrected chi connectivity index (χ3v) is 3.78. The minimum absolute atomic E-state index is 0.498. The van der Waals surface area contributed by atoms with Gasteiger partial charge in [0.1, 0.15) is 0 Å². The van der Waals surface area contributed by atoms with Crippen LogP contribution in [0, 0.1) is 13.8 Å². The molecule has 1 fully saturated rings. The molecule has 0 aliphatic carbocycles. The van der Waals surface area contributed by atoms with Gasteiger partial charge < -0.3 is 10.2 Å². The summed E-state index contributed by atoms with van der Waals surface area (Å²) in [5, 5.41) is 3.64. The van der Waals surface area contributed by atoms with E-state index in [-0.39, 0.29) is 0 Å². The molecule has 17 heavy (non-hydrogen) atoms. The van der Waals surface area contributed by atoms with Crippen LogP contribution in [0.3, 0.4) is 0 Å². The molecule has 0 amide bonds. The molecule has 1 aliphatic heterocycles. The maximum absolute atomic E-state index is 3.64. The molecule has 2 atom stereocenters. The lowest BCUT2D eigenvalue weighted by atomic mass is 9.92. The van der Waals surface area contributed by atoms with Gasteiger partial charge in [-0.15, -0.1) is 0 Å². The molecule has 1 N–H and O–H groups in total. The van der Waals surface area contributed by atoms with Crippen molar-refractivity contribution in [1.82, 2.24) is 10.2 Å². The summed E-state index contributed by atoms with van der Waals surface area (Å²) < 4.78 is 0. The van der Waals surface area contributed by atoms with E-state index in [1.165, 1.54) is 36.1 Å². The summed E-state index contributed by atoms with van der Waals surface area (Å²) >= 11 is 0. The van der Waals surface area contributed by atoms with E-state index in [0.717, 1.165) is 0 Å². The van der Waals surface area contributed by atoms with Gasteiger partial charge in [0.15, 0.2) is 0 Å². The lowest BCUT2D eigenvalue weighted by Crippen LogP contribution is -2.37. The number of likely N-dealkylation sites (N-methyl/N-ethyl adjacent to an activating group) is 1. The number of hydrogen-bond acceptors (Lipinski definition) is 2. The standard InChI is InChI=1S/C15H24N2/c1-11-7-8-13(12(2)10-11)15(17(3)4)14-6-5-9-16-14/h7-8,10,14-16H,5-6,9H2,1-4H3. The normalized spacial score (nSPS) is 22.1. The molecule has 1 saturated heterocycles. The maximum Gasteiger partial charge on any atom is 0.0498 e. The lowest BCUT2D eigenvalue weighted by molar-refractivity contribution is 0.243. The van der Waals surface area contributed by atoms with Gasteiger partial charge in [0.25, 0.3) is 0 Å². The second-order valence-corrected chi connectivity index (χ2v) is 5.47. The highest BCUT2D eigenvalue weighted by Gasteiger charge is 2.28. The van der Waals surface area contributed by atoms with Gasteiger partial charge in [0.05, 0.1) is 0 Å². The van der Waals surface area contributed by atoms with Crippen molar-refractivity contribution in [3.8, 4) is 0 Å². The number of nitrogens with zero attached hydrogens (tertiary/aromatic N) is 1. The summed E-state index contributed by atoms with van der Waals surface area (Å²) in [5.41, 5.74) is 4.24. The Morgan fingerprint density at radius 2 is 2.06 bits per heavy atom. The van der Waals surface area contributed by atoms with Crippen molar-refractivity contribution in [1.29, 1.82) is 0 Å². The smallest absolute Gasteiger partial charge is 0.0498 e. The molecule has 2 unspecified atom stereocenters. The van der Waals surface area contributed by atoms with Crippen LogP contribution in [0.4, 0.5) is 0 Å². The first-order chi connectivity index (χ1) is 8.09. The van der Waals surface area contributed by atoms with Crippen LogP contribution in [0.2, 0.25) is 0 Å². The van der Waals surface area contributed by atoms with E-state index in [2.05, 4.69) is 56.4 Å². The third kappa shape index (κ3) is 2.70. The van der Waals surface area contributed by atoms with Crippen LogP contribution < -0.4 is 5.32 Å². The molecule has 1 aromatic carbocycles. The molecule has 2 rings (SSSR count). The number of aryl methyl sites for hydroxylation is 2. The maximum atomic E-state index is 3.64. The topological polar surface area (TPSA) is 15.3 Å². The van der Waals surface area contributed by atoms with Crippen molar-refractivity contribution in [3.05, 3.63) is 34.9 Å². The van der Waals surface area contributed by atoms with E-state index in [0.29, 0.717) is 12.1 Å². The predicted octanol–water partition coefficient (Wildman–Crippen LogP) is 2.66. The second kappa shape index (κ2) is 5.19. The van der Waals surface area contributed by atoms with Crippen molar-refractivity contribution in [2.45, 2.75) is 38.8 Å². The van der Waals surface area contributed by atoms with Crippen molar-refractivity contribution in [2.75, 3.05) is 20.6 Å². The van der Waals surface area contributed by atoms with Crippen molar-refractivity contribution < 1.29 is 0 Å². The van der Waals surface area contributed by atoms with Crippen LogP contribution in [0.15, 0.2) is 18.2 Å². The van der Waals surface area contributed by atoms with E-state index in [1.807, 2.05) is 0 Å². The summed E-state index contributed by atoms with van der Waals surface area (Å²) in [5.74, 6) is 0. The highest BCUT2D eigenvalue weighted by molar-refractivity contribution is 5.33. The Morgan fingerprint density at radius 1 is 1.29 bits per heavy atom. The van der Waals surface area contributed by atoms with Gasteiger partial charge in [-0.05, 0) is 58.5 Å². The second-order valence-electron chi connectivity index (χ2n) is 5.47. The van der Waals surface area contributed by atoms with Crippen molar-refractivity contribution >= 4 is 0 Å². The third-order valence-electron chi connectivity index (χ3n) is 3.78. The summed E-state index contributed by atoms with van der Waals surface area (Å²) in [6.07, 6.45) is 2.59. The Bertz CT molecular complexity index is 379. The van der Waals surface area contributed by atoms with Crippen LogP contribution >= 0.6 is 0 Å². The van der Waals surface area contributed by atoms with E-state index in [4.69, 9.17) is 0 Å². The molecule has 94 valence electrons. The lowest BCUT2D eigenvalue weighted by Gasteiger charge is -2.31. The van der Waals surface area contributed by atoms with Crippen LogP contribution in [-0.2, 0) is 0 Å². The summed E-state index contributed by atoms with van der Waals surface area (Å²) in [6.45, 7) is 5.56. The van der Waals surface area contributed by atoms with Gasteiger partial charge >= 0.3 is 0 Å². The number of benzene rings is 1. The number of nitrogens with one attached hydrogen (secondary N) is 1. The Labute approximate surface area is 105 Å². The molecule has 0 bridgehead atoms. The van der Waals surface area contributed by atoms with E-state index in [1.54, 1.807) is 0 Å². The quantitative estimate of drug-likeness (QED) is 0.862. The van der Waals surface area contributed by atoms with Gasteiger partial charge in [-0.3, -0.25) is 0 Å². The van der Waals surface area contributed by atoms with E-state index in [9.17, 15) is 0 Å². The fraction of sp³-hybridized carbons (Fsp3) is 0.600. The fourth-order valence-electron chi connectivity index (χ4n) is 2.99. The van der Waals surface area contributed by atoms with Gasteiger partial charge in [-0.1, -0.05) is 23.8 Å². The zero-order chi connectivity index (χ0) is 12.4. The van der Waals surface area contributed by atoms with Gasteiger partial charge in [0, 0.05) is 12.1 Å². The Balaban J connectivity index is 2.31. The monoisotopic (exact) mass is 232 g/mol. The fourth-order valence-corrected chi connectivity index (χ4v) is 2.99. The first kappa shape index (κ1) is 12.6. The van der Waals surface area contributed by atoms with Gasteiger partial charge in [0.2, 0.25) is 0 Å². The molecule has 1 aliphatic rings. The Kier molecular flexibility index (Phi) is 3.85. The molecule has 2 nitrogen and oxygen atoms in total. The zero-order valence-corrected chi connectivity index (χ0v) is 11.5. The minimum Gasteiger partial charge on any atom is -0.312 e. The van der Waals surface area contributed by atoms with Gasteiger partial charge in [-0.2, -0.15) is 0 Å². The zero-order valence-electron chi connectivity index (χ0n) is 11.5. The Morgan fingerprint density at radius 3 is 2.59 bits per heavy atom. The molecular weight excluding hydrogens is 208 g/mol. The molecule has 1 heterocycles. The summed E-state index contributed by atoms with van der Waals surface area (Å²) in [4.78, 5) is 2.35. The highest BCUT2D eigenvalue weighted by atomic mass is 15.1. The highest BCUT2D eigenvalue weighted by Crippen LogP contribution is 2.29. The molecule has 0 saturated carbocycles. The molecule has 1 aromatic rings. The Hall–Kier alpha value is -0.860. The average molecular weight is 232 g/mol. The molecular formula is C15H24N2. The van der Waals surface area contributed by atoms with E-state index < -0.39 is 0 Å². The van der Waals surface area contributed by atoms with Crippen LogP contribution in [0.5, 0.6) is 0 Å². The van der Waals surface area contributed by atoms with Gasteiger partial charge in [-0.25, -0.2) is 0 Å². The predicted molar refractivity (Wildman–Crippen MR) is 73.4 cm³/mol. The summed E-state index contributed by atoms with van der Waals surface area (Å²) in [7, 11) is 4.37. The summed E-state index contributed by atoms with van der Waals surface area (Å²) in [6, 6.07) is 7.92. The molecule has 0 spiro atoms. The van der Waals surface area contributed by atoms with Crippen molar-refractivity contribution in [3.63, 3.8) is 0 Å². The number of rotatable bonds is 3. The van der Waals surface area contributed by atoms with Crippen LogP contribution in [0.1, 0.15) is 35.6 Å². The molecule has 2 heteroatoms. The SMILES string of the molecule is Cc1ccc(C(C2CCCN2)N(C)C)c(C)c1. The first-order valence-electron chi connectivity index (χ1n) is 6.56. The van der Waals surface area contributed by atoms with Crippen LogP contribution in [0.25, 0.3) is 0 Å². The molecule has 0 radical (unpaired) electrons. The largest absolute Gasteiger partial charge is 0.312 e. The first-order valence-corrected chi connectivity index (χ1v) is 6.56. The van der Waals surface area contributed by atoms with Crippen molar-refractivity contribution in [2.24, 2.45) is 0 Å². The average Bonchev–Trinajstić information content (AvgIpc) is 2.74. The minimum atomic E-state index is 0.498. The number of hydrogen-bond donors (Lipinski definition) is 1.